The van der Waals surface area contributed by atoms with Crippen molar-refractivity contribution in [2.24, 2.45) is 0 Å². The highest BCUT2D eigenvalue weighted by atomic mass is 15.1. The highest BCUT2D eigenvalue weighted by Gasteiger charge is 2.04. The van der Waals surface area contributed by atoms with Gasteiger partial charge in [0.1, 0.15) is 0 Å². The zero-order chi connectivity index (χ0) is 11.4. The third kappa shape index (κ3) is 2.49. The summed E-state index contributed by atoms with van der Waals surface area (Å²) in [4.78, 5) is 11.2. The van der Waals surface area contributed by atoms with E-state index in [4.69, 9.17) is 0 Å². The normalized spacial score (nSPS) is 11.2. The molecule has 5 heteroatoms. The van der Waals surface area contributed by atoms with Gasteiger partial charge in [-0.3, -0.25) is 0 Å². The molecule has 16 heavy (non-hydrogen) atoms. The Hall–Kier alpha value is -1.62. The first-order chi connectivity index (χ1) is 7.77. The topological polar surface area (TPSA) is 58.5 Å². The van der Waals surface area contributed by atoms with Crippen LogP contribution in [0.5, 0.6) is 0 Å². The first-order valence-corrected chi connectivity index (χ1v) is 5.46. The minimum atomic E-state index is 0.450. The van der Waals surface area contributed by atoms with Gasteiger partial charge in [0.05, 0.1) is 18.3 Å². The Morgan fingerprint density at radius 3 is 2.88 bits per heavy atom. The lowest BCUT2D eigenvalue weighted by Gasteiger charge is -2.11. The maximum Gasteiger partial charge on any atom is 0.0951 e. The summed E-state index contributed by atoms with van der Waals surface area (Å²) in [5, 5.41) is 3.35. The van der Waals surface area contributed by atoms with Crippen molar-refractivity contribution in [1.29, 1.82) is 0 Å². The van der Waals surface area contributed by atoms with Gasteiger partial charge in [0.2, 0.25) is 0 Å². The fraction of sp³-hybridized carbons (Fsp3) is 0.455. The van der Waals surface area contributed by atoms with E-state index in [0.29, 0.717) is 6.04 Å². The van der Waals surface area contributed by atoms with Crippen LogP contribution in [0.25, 0.3) is 0 Å². The number of nitrogens with one attached hydrogen (secondary N) is 2. The monoisotopic (exact) mass is 219 g/mol. The zero-order valence-corrected chi connectivity index (χ0v) is 9.64. The van der Waals surface area contributed by atoms with Crippen molar-refractivity contribution in [3.05, 3.63) is 36.4 Å². The Kier molecular flexibility index (Phi) is 3.36. The van der Waals surface area contributed by atoms with Crippen LogP contribution in [0.4, 0.5) is 0 Å². The van der Waals surface area contributed by atoms with Crippen molar-refractivity contribution in [2.45, 2.75) is 33.0 Å². The van der Waals surface area contributed by atoms with Gasteiger partial charge >= 0.3 is 0 Å². The van der Waals surface area contributed by atoms with E-state index in [-0.39, 0.29) is 0 Å². The van der Waals surface area contributed by atoms with Crippen LogP contribution in [0.1, 0.15) is 31.3 Å². The predicted molar refractivity (Wildman–Crippen MR) is 61.7 cm³/mol. The molecule has 0 saturated heterocycles. The summed E-state index contributed by atoms with van der Waals surface area (Å²) in [6.45, 7) is 5.92. The Labute approximate surface area is 94.9 Å². The van der Waals surface area contributed by atoms with E-state index in [1.165, 1.54) is 5.69 Å². The SMILES string of the molecule is CC(C)n1cncc1CNCc1cnc[nH]1. The van der Waals surface area contributed by atoms with Crippen LogP contribution in [0, 0.1) is 0 Å². The van der Waals surface area contributed by atoms with Crippen LogP contribution < -0.4 is 5.32 Å². The van der Waals surface area contributed by atoms with Crippen molar-refractivity contribution in [2.75, 3.05) is 0 Å². The van der Waals surface area contributed by atoms with Crippen LogP contribution in [-0.4, -0.2) is 19.5 Å². The Balaban J connectivity index is 1.87. The van der Waals surface area contributed by atoms with Gasteiger partial charge in [-0.1, -0.05) is 0 Å². The molecule has 0 spiro atoms. The Morgan fingerprint density at radius 2 is 2.19 bits per heavy atom. The molecule has 0 aliphatic heterocycles. The molecule has 0 amide bonds. The minimum absolute atomic E-state index is 0.450. The molecule has 0 fully saturated rings. The molecule has 0 saturated carbocycles. The number of H-pyrrole nitrogens is 1. The number of imidazole rings is 2. The van der Waals surface area contributed by atoms with Crippen molar-refractivity contribution in [3.8, 4) is 0 Å². The number of rotatable bonds is 5. The predicted octanol–water partition coefficient (Wildman–Crippen LogP) is 1.48. The third-order valence-electron chi connectivity index (χ3n) is 2.48. The van der Waals surface area contributed by atoms with Gasteiger partial charge in [-0.25, -0.2) is 9.97 Å². The van der Waals surface area contributed by atoms with E-state index < -0.39 is 0 Å². The summed E-state index contributed by atoms with van der Waals surface area (Å²) >= 11 is 0. The summed E-state index contributed by atoms with van der Waals surface area (Å²) in [7, 11) is 0. The Bertz CT molecular complexity index is 415. The second kappa shape index (κ2) is 4.94. The van der Waals surface area contributed by atoms with Crippen molar-refractivity contribution in [1.82, 2.24) is 24.8 Å². The molecule has 2 N–H and O–H groups in total. The van der Waals surface area contributed by atoms with Crippen molar-refractivity contribution < 1.29 is 0 Å². The molecule has 0 aliphatic rings. The molecule has 2 heterocycles. The molecule has 86 valence electrons. The second-order valence-electron chi connectivity index (χ2n) is 4.07. The lowest BCUT2D eigenvalue weighted by atomic mass is 10.3. The number of hydrogen-bond acceptors (Lipinski definition) is 3. The standard InChI is InChI=1S/C11H17N5/c1-9(2)16-8-14-6-11(16)5-12-3-10-4-13-7-15-10/h4,6-9,12H,3,5H2,1-2H3,(H,13,15). The van der Waals surface area contributed by atoms with Crippen molar-refractivity contribution in [3.63, 3.8) is 0 Å². The Morgan fingerprint density at radius 1 is 1.31 bits per heavy atom. The van der Waals surface area contributed by atoms with Crippen LogP contribution in [0.15, 0.2) is 25.0 Å². The number of hydrogen-bond donors (Lipinski definition) is 2. The van der Waals surface area contributed by atoms with Gasteiger partial charge in [-0.05, 0) is 13.8 Å². The molecule has 0 atom stereocenters. The summed E-state index contributed by atoms with van der Waals surface area (Å²) in [5.41, 5.74) is 2.30. The number of aromatic amines is 1. The van der Waals surface area contributed by atoms with Crippen molar-refractivity contribution >= 4 is 0 Å². The number of nitrogens with zero attached hydrogens (tertiary/aromatic N) is 3. The molecule has 5 nitrogen and oxygen atoms in total. The smallest absolute Gasteiger partial charge is 0.0951 e. The molecule has 0 unspecified atom stereocenters. The average Bonchev–Trinajstić information content (AvgIpc) is 2.87. The van der Waals surface area contributed by atoms with Gasteiger partial charge in [-0.15, -0.1) is 0 Å². The van der Waals surface area contributed by atoms with Gasteiger partial charge in [0.15, 0.2) is 0 Å². The molecular formula is C11H17N5. The summed E-state index contributed by atoms with van der Waals surface area (Å²) in [6, 6.07) is 0.450. The highest BCUT2D eigenvalue weighted by Crippen LogP contribution is 2.08. The fourth-order valence-corrected chi connectivity index (χ4v) is 1.64. The van der Waals surface area contributed by atoms with E-state index in [9.17, 15) is 0 Å². The van der Waals surface area contributed by atoms with Crippen LogP contribution in [-0.2, 0) is 13.1 Å². The molecular weight excluding hydrogens is 202 g/mol. The maximum absolute atomic E-state index is 4.16. The lowest BCUT2D eigenvalue weighted by Crippen LogP contribution is -2.16. The van der Waals surface area contributed by atoms with Gasteiger partial charge in [-0.2, -0.15) is 0 Å². The maximum atomic E-state index is 4.16. The second-order valence-corrected chi connectivity index (χ2v) is 4.07. The summed E-state index contributed by atoms with van der Waals surface area (Å²) in [6.07, 6.45) is 7.29. The molecule has 0 aliphatic carbocycles. The average molecular weight is 219 g/mol. The van der Waals surface area contributed by atoms with E-state index in [2.05, 4.69) is 38.7 Å². The largest absolute Gasteiger partial charge is 0.347 e. The quantitative estimate of drug-likeness (QED) is 0.800. The van der Waals surface area contributed by atoms with Crippen LogP contribution in [0.3, 0.4) is 0 Å². The van der Waals surface area contributed by atoms with Crippen LogP contribution in [0.2, 0.25) is 0 Å². The molecule has 0 bridgehead atoms. The first-order valence-electron chi connectivity index (χ1n) is 5.46. The molecule has 2 aromatic rings. The van der Waals surface area contributed by atoms with Gasteiger partial charge in [0.25, 0.3) is 0 Å². The van der Waals surface area contributed by atoms with E-state index >= 15 is 0 Å². The molecule has 2 rings (SSSR count). The molecule has 0 radical (unpaired) electrons. The zero-order valence-electron chi connectivity index (χ0n) is 9.64. The lowest BCUT2D eigenvalue weighted by molar-refractivity contribution is 0.549. The molecule has 0 aromatic carbocycles. The molecule has 2 aromatic heterocycles. The van der Waals surface area contributed by atoms with Gasteiger partial charge in [0, 0.05) is 37.2 Å². The minimum Gasteiger partial charge on any atom is -0.347 e. The van der Waals surface area contributed by atoms with E-state index in [0.717, 1.165) is 18.8 Å². The summed E-state index contributed by atoms with van der Waals surface area (Å²) < 4.78 is 2.17. The highest BCUT2D eigenvalue weighted by molar-refractivity contribution is 5.00. The summed E-state index contributed by atoms with van der Waals surface area (Å²) in [5.74, 6) is 0. The fourth-order valence-electron chi connectivity index (χ4n) is 1.64. The van der Waals surface area contributed by atoms with E-state index in [1.54, 1.807) is 6.33 Å². The third-order valence-corrected chi connectivity index (χ3v) is 2.48. The number of aromatic nitrogens is 4. The van der Waals surface area contributed by atoms with E-state index in [1.807, 2.05) is 18.7 Å². The first kappa shape index (κ1) is 10.9. The van der Waals surface area contributed by atoms with Gasteiger partial charge < -0.3 is 14.9 Å². The van der Waals surface area contributed by atoms with Crippen LogP contribution >= 0.6 is 0 Å².